The molecule has 27 heavy (non-hydrogen) atoms. The Bertz CT molecular complexity index is 865. The summed E-state index contributed by atoms with van der Waals surface area (Å²) in [4.78, 5) is 11.7. The molecule has 0 unspecified atom stereocenters. The third kappa shape index (κ3) is 5.27. The third-order valence-corrected chi connectivity index (χ3v) is 16.2. The van der Waals surface area contributed by atoms with Crippen LogP contribution in [0.1, 0.15) is 51.9 Å². The normalized spacial score (nSPS) is 15.3. The fourth-order valence-corrected chi connectivity index (χ4v) is 14.2. The maximum atomic E-state index is 12.1. The zero-order valence-electron chi connectivity index (χ0n) is 16.8. The Labute approximate surface area is 213 Å². The van der Waals surface area contributed by atoms with E-state index in [1.165, 1.54) is 12.1 Å². The summed E-state index contributed by atoms with van der Waals surface area (Å²) in [6.07, 6.45) is 0. The predicted molar refractivity (Wildman–Crippen MR) is 111 cm³/mol. The van der Waals surface area contributed by atoms with E-state index in [0.29, 0.717) is 20.2 Å². The van der Waals surface area contributed by atoms with Gasteiger partial charge in [-0.2, -0.15) is 0 Å². The van der Waals surface area contributed by atoms with Crippen LogP contribution in [0.5, 0.6) is 0 Å². The van der Waals surface area contributed by atoms with Crippen LogP contribution in [-0.2, 0) is 13.2 Å². The summed E-state index contributed by atoms with van der Waals surface area (Å²) < 4.78 is 43.0. The maximum absolute atomic E-state index is 12.1. The van der Waals surface area contributed by atoms with Crippen molar-refractivity contribution >= 4 is 44.4 Å². The Morgan fingerprint density at radius 1 is 1.07 bits per heavy atom. The summed E-state index contributed by atoms with van der Waals surface area (Å²) >= 11 is -2.51. The van der Waals surface area contributed by atoms with E-state index in [2.05, 4.69) is 51.0 Å². The van der Waals surface area contributed by atoms with Crippen molar-refractivity contribution in [3.63, 3.8) is 0 Å². The first-order valence-corrected chi connectivity index (χ1v) is 15.1. The van der Waals surface area contributed by atoms with Gasteiger partial charge in [0.25, 0.3) is 0 Å². The molecule has 0 saturated heterocycles. The predicted octanol–water partition coefficient (Wildman–Crippen LogP) is 1.54. The van der Waals surface area contributed by atoms with Crippen LogP contribution in [0.2, 0.25) is 16.6 Å². The molecule has 0 aliphatic carbocycles. The second-order valence-corrected chi connectivity index (χ2v) is 17.8. The number of rotatable bonds is 4. The minimum atomic E-state index is -4.60. The molecule has 0 N–H and O–H groups in total. The molecular formula is C18H24IKO5SSi. The molecule has 0 spiro atoms. The summed E-state index contributed by atoms with van der Waals surface area (Å²) in [7, 11) is -6.54. The van der Waals surface area contributed by atoms with Gasteiger partial charge in [0.05, 0.1) is 0 Å². The van der Waals surface area contributed by atoms with Gasteiger partial charge in [-0.05, 0) is 0 Å². The average Bonchev–Trinajstić information content (AvgIpc) is 2.82. The van der Waals surface area contributed by atoms with Crippen molar-refractivity contribution < 1.29 is 72.2 Å². The van der Waals surface area contributed by atoms with Crippen LogP contribution in [0.3, 0.4) is 0 Å². The van der Waals surface area contributed by atoms with Gasteiger partial charge in [-0.15, -0.1) is 0 Å². The van der Waals surface area contributed by atoms with Crippen LogP contribution in [-0.4, -0.2) is 27.0 Å². The van der Waals surface area contributed by atoms with E-state index in [1.807, 2.05) is 0 Å². The average molecular weight is 547 g/mol. The molecule has 1 aliphatic rings. The van der Waals surface area contributed by atoms with Crippen LogP contribution in [0, 0.1) is 13.0 Å². The van der Waals surface area contributed by atoms with Crippen molar-refractivity contribution in [2.45, 2.75) is 63.1 Å². The number of halogens is 1. The number of fused-ring (bicyclic) bond motifs is 1. The Morgan fingerprint density at radius 3 is 2.04 bits per heavy atom. The van der Waals surface area contributed by atoms with E-state index in [4.69, 9.17) is 3.07 Å². The van der Waals surface area contributed by atoms with E-state index in [-0.39, 0.29) is 56.9 Å². The molecule has 1 aromatic rings. The van der Waals surface area contributed by atoms with Crippen molar-refractivity contribution in [1.29, 1.82) is 0 Å². The number of carbonyl (C=O) groups excluding carboxylic acids is 1. The zero-order valence-corrected chi connectivity index (χ0v) is 23.9. The van der Waals surface area contributed by atoms with Gasteiger partial charge in [-0.3, -0.25) is 0 Å². The Kier molecular flexibility index (Phi) is 9.26. The van der Waals surface area contributed by atoms with Gasteiger partial charge in [0.2, 0.25) is 0 Å². The van der Waals surface area contributed by atoms with Gasteiger partial charge in [0.15, 0.2) is 0 Å². The first kappa shape index (κ1) is 25.8. The maximum Gasteiger partial charge on any atom is 1.00 e. The molecule has 1 aromatic carbocycles. The van der Waals surface area contributed by atoms with Crippen LogP contribution in [0.4, 0.5) is 0 Å². The number of hydrogen-bond donors (Lipinski definition) is 0. The minimum absolute atomic E-state index is 0. The SMILES string of the molecule is CC(C)[Si](C#CI1OC(=O)c2cc(S(=O)(=O)[O-])ccc21)(C(C)C)C(C)C.[K+]. The summed E-state index contributed by atoms with van der Waals surface area (Å²) in [6.45, 7) is 13.3. The molecule has 0 bridgehead atoms. The quantitative estimate of drug-likeness (QED) is 0.248. The van der Waals surface area contributed by atoms with E-state index in [1.54, 1.807) is 0 Å². The molecule has 1 aliphatic heterocycles. The standard InChI is InChI=1S/C18H25IO5SSi.K/c1-12(2)26(13(3)4,14(5)6)10-9-19-17-8-7-15(25(21,22)23)11-16(17)18(20)24-19;/h7-8,11-14H,1-6H3,(H,21,22,23);/q;+1/p-1. The summed E-state index contributed by atoms with van der Waals surface area (Å²) in [5.41, 5.74) is 5.16. The summed E-state index contributed by atoms with van der Waals surface area (Å²) in [5, 5.41) is 0. The van der Waals surface area contributed by atoms with E-state index < -0.39 is 49.3 Å². The van der Waals surface area contributed by atoms with Crippen LogP contribution in [0.25, 0.3) is 0 Å². The van der Waals surface area contributed by atoms with Crippen molar-refractivity contribution in [3.8, 4) is 9.47 Å². The topological polar surface area (TPSA) is 83.5 Å². The van der Waals surface area contributed by atoms with Gasteiger partial charge in [0, 0.05) is 0 Å². The molecule has 0 aromatic heterocycles. The Balaban J connectivity index is 0.00000364. The van der Waals surface area contributed by atoms with Gasteiger partial charge >= 0.3 is 216 Å². The number of hydrogen-bond acceptors (Lipinski definition) is 5. The molecular weight excluding hydrogens is 522 g/mol. The fraction of sp³-hybridized carbons (Fsp3) is 0.500. The smallest absolute Gasteiger partial charge is 1.00 e. The van der Waals surface area contributed by atoms with Crippen molar-refractivity contribution in [3.05, 3.63) is 27.3 Å². The molecule has 0 radical (unpaired) electrons. The molecule has 5 nitrogen and oxygen atoms in total. The first-order chi connectivity index (χ1) is 11.9. The Morgan fingerprint density at radius 2 is 1.59 bits per heavy atom. The molecule has 2 rings (SSSR count). The Hall–Kier alpha value is 0.743. The van der Waals surface area contributed by atoms with Gasteiger partial charge < -0.3 is 0 Å². The van der Waals surface area contributed by atoms with Crippen molar-refractivity contribution in [2.75, 3.05) is 0 Å². The molecule has 144 valence electrons. The fourth-order valence-electron chi connectivity index (χ4n) is 3.75. The molecule has 9 heteroatoms. The minimum Gasteiger partial charge on any atom is 1.00 e. The summed E-state index contributed by atoms with van der Waals surface area (Å²) in [6, 6.07) is 3.89. The summed E-state index contributed by atoms with van der Waals surface area (Å²) in [5.74, 6) is -0.573. The molecule has 0 amide bonds. The number of carbonyl (C=O) groups is 1. The van der Waals surface area contributed by atoms with E-state index in [9.17, 15) is 17.8 Å². The van der Waals surface area contributed by atoms with Crippen molar-refractivity contribution in [1.82, 2.24) is 0 Å². The van der Waals surface area contributed by atoms with Gasteiger partial charge in [-0.1, -0.05) is 0 Å². The zero-order chi connectivity index (χ0) is 19.9. The van der Waals surface area contributed by atoms with Crippen LogP contribution >= 0.6 is 20.2 Å². The monoisotopic (exact) mass is 546 g/mol. The second-order valence-electron chi connectivity index (χ2n) is 7.33. The molecule has 0 fully saturated rings. The van der Waals surface area contributed by atoms with E-state index >= 15 is 0 Å². The second kappa shape index (κ2) is 9.70. The molecule has 1 heterocycles. The molecule has 0 saturated carbocycles. The van der Waals surface area contributed by atoms with Crippen molar-refractivity contribution in [2.24, 2.45) is 0 Å². The largest absolute Gasteiger partial charge is 1.00 e. The number of benzene rings is 1. The van der Waals surface area contributed by atoms with Crippen LogP contribution < -0.4 is 51.4 Å². The molecule has 0 atom stereocenters. The van der Waals surface area contributed by atoms with E-state index in [0.717, 1.165) is 6.07 Å². The first-order valence-electron chi connectivity index (χ1n) is 8.46. The van der Waals surface area contributed by atoms with Gasteiger partial charge in [0.1, 0.15) is 0 Å². The van der Waals surface area contributed by atoms with Gasteiger partial charge in [-0.25, -0.2) is 0 Å². The third-order valence-electron chi connectivity index (χ3n) is 4.99. The van der Waals surface area contributed by atoms with Crippen LogP contribution in [0.15, 0.2) is 23.1 Å².